The largest absolute Gasteiger partial charge is 0.392 e. The van der Waals surface area contributed by atoms with Crippen molar-refractivity contribution in [2.45, 2.75) is 38.7 Å². The molecule has 0 N–H and O–H groups in total. The minimum Gasteiger partial charge on any atom is -0.392 e. The van der Waals surface area contributed by atoms with E-state index in [2.05, 4.69) is 0 Å². The van der Waals surface area contributed by atoms with Crippen LogP contribution in [0.4, 0.5) is 0 Å². The highest BCUT2D eigenvalue weighted by molar-refractivity contribution is 6.01. The summed E-state index contributed by atoms with van der Waals surface area (Å²) in [4.78, 5) is 24.0. The van der Waals surface area contributed by atoms with Crippen molar-refractivity contribution >= 4 is 11.9 Å². The molecule has 0 saturated carbocycles. The zero-order valence-corrected chi connectivity index (χ0v) is 9.90. The number of hydrogen-bond donors (Lipinski definition) is 0. The van der Waals surface area contributed by atoms with E-state index in [0.717, 1.165) is 24.8 Å². The number of carbonyl (C=O) groups is 2. The minimum absolute atomic E-state index is 0.143. The molecule has 3 rings (SSSR count). The van der Waals surface area contributed by atoms with E-state index in [1.54, 1.807) is 0 Å². The molecule has 4 heteroatoms. The molecular formula is C13H16O4. The molecule has 0 aromatic carbocycles. The van der Waals surface area contributed by atoms with E-state index in [9.17, 15) is 9.59 Å². The maximum Gasteiger partial charge on any atom is 0.323 e. The normalized spacial score (nSPS) is 41.1. The third-order valence-electron chi connectivity index (χ3n) is 4.31. The van der Waals surface area contributed by atoms with E-state index in [1.165, 1.54) is 0 Å². The average molecular weight is 236 g/mol. The summed E-state index contributed by atoms with van der Waals surface area (Å²) in [6.07, 6.45) is 5.21. The number of allylic oxidation sites excluding steroid dienone is 1. The number of carbonyl (C=O) groups excluding carboxylic acids is 2. The standard InChI is InChI=1S/C13H16O4/c1-8-4-2-6-13(9-5-3-7-16-9)10(8)11(14)17-12(13)15/h4,9-10H,2-3,5-7H2,1H3. The molecule has 0 aromatic heterocycles. The van der Waals surface area contributed by atoms with Crippen molar-refractivity contribution in [3.8, 4) is 0 Å². The molecule has 1 aliphatic carbocycles. The molecule has 0 radical (unpaired) electrons. The van der Waals surface area contributed by atoms with Crippen LogP contribution in [0.1, 0.15) is 32.6 Å². The van der Waals surface area contributed by atoms with Gasteiger partial charge < -0.3 is 9.47 Å². The molecule has 4 nitrogen and oxygen atoms in total. The first-order chi connectivity index (χ1) is 8.16. The SMILES string of the molecule is CC1=CCCC2(C3CCCO3)C(=O)OC(=O)C12. The molecule has 2 aliphatic heterocycles. The Bertz CT molecular complexity index is 406. The Kier molecular flexibility index (Phi) is 2.36. The van der Waals surface area contributed by atoms with E-state index in [4.69, 9.17) is 9.47 Å². The second-order valence-corrected chi connectivity index (χ2v) is 5.17. The molecule has 3 atom stereocenters. The summed E-state index contributed by atoms with van der Waals surface area (Å²) in [6, 6.07) is 0. The van der Waals surface area contributed by atoms with Gasteiger partial charge in [-0.15, -0.1) is 0 Å². The number of ether oxygens (including phenoxy) is 2. The second-order valence-electron chi connectivity index (χ2n) is 5.17. The fraction of sp³-hybridized carbons (Fsp3) is 0.692. The Hall–Kier alpha value is -1.16. The van der Waals surface area contributed by atoms with Crippen molar-refractivity contribution in [2.24, 2.45) is 11.3 Å². The van der Waals surface area contributed by atoms with E-state index in [-0.39, 0.29) is 18.0 Å². The van der Waals surface area contributed by atoms with Crippen LogP contribution in [0.2, 0.25) is 0 Å². The fourth-order valence-corrected chi connectivity index (χ4v) is 3.53. The lowest BCUT2D eigenvalue weighted by Crippen LogP contribution is -2.46. The van der Waals surface area contributed by atoms with Crippen molar-refractivity contribution in [3.05, 3.63) is 11.6 Å². The maximum atomic E-state index is 12.1. The summed E-state index contributed by atoms with van der Waals surface area (Å²) in [6.45, 7) is 2.59. The minimum atomic E-state index is -0.730. The Morgan fingerprint density at radius 1 is 1.41 bits per heavy atom. The zero-order chi connectivity index (χ0) is 12.0. The lowest BCUT2D eigenvalue weighted by molar-refractivity contribution is -0.158. The summed E-state index contributed by atoms with van der Waals surface area (Å²) in [5.41, 5.74) is 0.231. The van der Waals surface area contributed by atoms with E-state index < -0.39 is 11.3 Å². The van der Waals surface area contributed by atoms with Gasteiger partial charge in [0, 0.05) is 6.61 Å². The molecule has 2 heterocycles. The number of esters is 2. The highest BCUT2D eigenvalue weighted by Crippen LogP contribution is 2.52. The third kappa shape index (κ3) is 1.33. The predicted octanol–water partition coefficient (Wildman–Crippen LogP) is 1.59. The van der Waals surface area contributed by atoms with Gasteiger partial charge in [-0.2, -0.15) is 0 Å². The first-order valence-electron chi connectivity index (χ1n) is 6.20. The van der Waals surface area contributed by atoms with Crippen molar-refractivity contribution in [2.75, 3.05) is 6.61 Å². The van der Waals surface area contributed by atoms with Gasteiger partial charge in [-0.3, -0.25) is 9.59 Å². The van der Waals surface area contributed by atoms with Gasteiger partial charge in [0.25, 0.3) is 0 Å². The van der Waals surface area contributed by atoms with Gasteiger partial charge in [-0.1, -0.05) is 11.6 Å². The third-order valence-corrected chi connectivity index (χ3v) is 4.31. The van der Waals surface area contributed by atoms with Crippen molar-refractivity contribution < 1.29 is 19.1 Å². The molecule has 0 amide bonds. The van der Waals surface area contributed by atoms with E-state index >= 15 is 0 Å². The maximum absolute atomic E-state index is 12.1. The van der Waals surface area contributed by atoms with Crippen LogP contribution in [0, 0.1) is 11.3 Å². The van der Waals surface area contributed by atoms with Gasteiger partial charge >= 0.3 is 11.9 Å². The molecule has 2 saturated heterocycles. The van der Waals surface area contributed by atoms with Gasteiger partial charge in [0.05, 0.1) is 12.0 Å². The van der Waals surface area contributed by atoms with Crippen LogP contribution < -0.4 is 0 Å². The molecule has 0 bridgehead atoms. The number of rotatable bonds is 1. The molecule has 2 fully saturated rings. The van der Waals surface area contributed by atoms with Crippen LogP contribution in [0.15, 0.2) is 11.6 Å². The summed E-state index contributed by atoms with van der Waals surface area (Å²) >= 11 is 0. The van der Waals surface area contributed by atoms with Crippen LogP contribution in [-0.4, -0.2) is 24.6 Å². The topological polar surface area (TPSA) is 52.6 Å². The van der Waals surface area contributed by atoms with Gasteiger partial charge in [0.15, 0.2) is 0 Å². The summed E-state index contributed by atoms with van der Waals surface area (Å²) in [5.74, 6) is -1.17. The number of cyclic esters (lactones) is 2. The quantitative estimate of drug-likeness (QED) is 0.394. The average Bonchev–Trinajstić information content (AvgIpc) is 2.88. The summed E-state index contributed by atoms with van der Waals surface area (Å²) < 4.78 is 10.6. The zero-order valence-electron chi connectivity index (χ0n) is 9.90. The number of fused-ring (bicyclic) bond motifs is 1. The van der Waals surface area contributed by atoms with Gasteiger partial charge in [-0.05, 0) is 32.6 Å². The molecule has 3 aliphatic rings. The lowest BCUT2D eigenvalue weighted by atomic mass is 9.64. The Morgan fingerprint density at radius 2 is 2.24 bits per heavy atom. The van der Waals surface area contributed by atoms with Crippen molar-refractivity contribution in [1.29, 1.82) is 0 Å². The van der Waals surface area contributed by atoms with Crippen LogP contribution in [0.5, 0.6) is 0 Å². The van der Waals surface area contributed by atoms with Crippen LogP contribution in [-0.2, 0) is 19.1 Å². The van der Waals surface area contributed by atoms with Crippen LogP contribution in [0.3, 0.4) is 0 Å². The summed E-state index contributed by atoms with van der Waals surface area (Å²) in [7, 11) is 0. The monoisotopic (exact) mass is 236 g/mol. The first kappa shape index (κ1) is 11.0. The molecule has 92 valence electrons. The molecule has 0 aromatic rings. The van der Waals surface area contributed by atoms with E-state index in [0.29, 0.717) is 13.0 Å². The highest BCUT2D eigenvalue weighted by atomic mass is 16.6. The Balaban J connectivity index is 2.06. The van der Waals surface area contributed by atoms with Crippen molar-refractivity contribution in [1.82, 2.24) is 0 Å². The Morgan fingerprint density at radius 3 is 2.94 bits per heavy atom. The van der Waals surface area contributed by atoms with Gasteiger partial charge in [0.2, 0.25) is 0 Å². The fourth-order valence-electron chi connectivity index (χ4n) is 3.53. The lowest BCUT2D eigenvalue weighted by Gasteiger charge is -2.37. The predicted molar refractivity (Wildman–Crippen MR) is 59.0 cm³/mol. The van der Waals surface area contributed by atoms with Crippen LogP contribution in [0.25, 0.3) is 0 Å². The second kappa shape index (κ2) is 3.67. The first-order valence-corrected chi connectivity index (χ1v) is 6.20. The molecule has 0 spiro atoms. The van der Waals surface area contributed by atoms with Crippen molar-refractivity contribution in [3.63, 3.8) is 0 Å². The number of hydrogen-bond acceptors (Lipinski definition) is 4. The highest BCUT2D eigenvalue weighted by Gasteiger charge is 2.63. The van der Waals surface area contributed by atoms with Crippen LogP contribution >= 0.6 is 0 Å². The van der Waals surface area contributed by atoms with E-state index in [1.807, 2.05) is 13.0 Å². The Labute approximate surface area is 100.0 Å². The summed E-state index contributed by atoms with van der Waals surface area (Å²) in [5, 5.41) is 0. The smallest absolute Gasteiger partial charge is 0.323 e. The van der Waals surface area contributed by atoms with Gasteiger partial charge in [-0.25, -0.2) is 0 Å². The molecule has 17 heavy (non-hydrogen) atoms. The molecular weight excluding hydrogens is 220 g/mol. The van der Waals surface area contributed by atoms with Gasteiger partial charge in [0.1, 0.15) is 5.41 Å². The molecule has 3 unspecified atom stereocenters.